The normalized spacial score (nSPS) is 24.5. The first kappa shape index (κ1) is 26.1. The molecule has 2 aliphatic rings. The van der Waals surface area contributed by atoms with Crippen molar-refractivity contribution < 1.29 is 27.9 Å². The molecule has 0 unspecified atom stereocenters. The van der Waals surface area contributed by atoms with Crippen LogP contribution < -0.4 is 10.6 Å². The summed E-state index contributed by atoms with van der Waals surface area (Å²) in [4.78, 5) is 30.9. The maximum Gasteiger partial charge on any atom is 0.416 e. The minimum absolute atomic E-state index is 0.113. The van der Waals surface area contributed by atoms with Gasteiger partial charge in [-0.15, -0.1) is 0 Å². The van der Waals surface area contributed by atoms with Gasteiger partial charge in [-0.1, -0.05) is 12.1 Å². The summed E-state index contributed by atoms with van der Waals surface area (Å²) in [5, 5.41) is 17.1. The molecule has 2 fully saturated rings. The van der Waals surface area contributed by atoms with Crippen LogP contribution in [0.2, 0.25) is 0 Å². The molecule has 10 heteroatoms. The van der Waals surface area contributed by atoms with E-state index in [4.69, 9.17) is 0 Å². The number of likely N-dealkylation sites (tertiary alicyclic amines) is 1. The number of alkyl halides is 3. The van der Waals surface area contributed by atoms with Crippen LogP contribution in [-0.4, -0.2) is 58.5 Å². The number of aromatic nitrogens is 1. The maximum absolute atomic E-state index is 12.9. The number of hydrogen-bond acceptors (Lipinski definition) is 5. The molecule has 1 saturated carbocycles. The second-order valence-corrected chi connectivity index (χ2v) is 9.78. The second-order valence-electron chi connectivity index (χ2n) is 9.78. The van der Waals surface area contributed by atoms with Crippen molar-refractivity contribution in [1.82, 2.24) is 20.5 Å². The Labute approximate surface area is 208 Å². The second kappa shape index (κ2) is 10.6. The van der Waals surface area contributed by atoms with E-state index in [1.54, 1.807) is 11.1 Å². The summed E-state index contributed by atoms with van der Waals surface area (Å²) in [5.41, 5.74) is -0.214. The first-order valence-corrected chi connectivity index (χ1v) is 12.2. The number of hydrogen-bond donors (Lipinski definition) is 3. The zero-order valence-corrected chi connectivity index (χ0v) is 20.1. The molecular formula is C26H31F3N4O3. The molecule has 194 valence electrons. The maximum atomic E-state index is 12.9. The van der Waals surface area contributed by atoms with Gasteiger partial charge in [0, 0.05) is 36.9 Å². The molecule has 1 aliphatic carbocycles. The topological polar surface area (TPSA) is 94.6 Å². The number of aliphatic hydroxyl groups is 1. The smallest absolute Gasteiger partial charge is 0.384 e. The van der Waals surface area contributed by atoms with E-state index in [-0.39, 0.29) is 30.1 Å². The molecule has 0 bridgehead atoms. The first-order valence-electron chi connectivity index (χ1n) is 12.2. The van der Waals surface area contributed by atoms with E-state index in [9.17, 15) is 27.9 Å². The van der Waals surface area contributed by atoms with Crippen molar-refractivity contribution in [3.63, 3.8) is 0 Å². The molecule has 0 radical (unpaired) electrons. The van der Waals surface area contributed by atoms with Gasteiger partial charge in [-0.25, -0.2) is 0 Å². The van der Waals surface area contributed by atoms with Crippen molar-refractivity contribution in [3.05, 3.63) is 65.0 Å². The molecule has 3 N–H and O–H groups in total. The number of carbonyl (C=O) groups excluding carboxylic acids is 2. The van der Waals surface area contributed by atoms with E-state index in [2.05, 4.69) is 15.6 Å². The minimum Gasteiger partial charge on any atom is -0.384 e. The number of benzene rings is 1. The molecule has 2 heterocycles. The average molecular weight is 505 g/mol. The van der Waals surface area contributed by atoms with Gasteiger partial charge in [-0.2, -0.15) is 13.2 Å². The Balaban J connectivity index is 1.21. The van der Waals surface area contributed by atoms with E-state index in [0.717, 1.165) is 37.0 Å². The number of aryl methyl sites for hydroxylation is 1. The Morgan fingerprint density at radius 1 is 1.14 bits per heavy atom. The summed E-state index contributed by atoms with van der Waals surface area (Å²) in [6, 6.07) is 8.30. The zero-order chi connectivity index (χ0) is 25.9. The van der Waals surface area contributed by atoms with Gasteiger partial charge >= 0.3 is 6.18 Å². The van der Waals surface area contributed by atoms with E-state index < -0.39 is 23.2 Å². The molecule has 2 amide bonds. The summed E-state index contributed by atoms with van der Waals surface area (Å²) in [6.45, 7) is 2.72. The SMILES string of the molecule is Cc1ccc(C2(O)CCC(N[C@H]3CCN(C(=O)CNC(=O)c4cccc(C(F)(F)F)c4)C3)CC2)nc1. The number of nitrogens with one attached hydrogen (secondary N) is 2. The Hall–Kier alpha value is -2.98. The van der Waals surface area contributed by atoms with Gasteiger partial charge in [0.1, 0.15) is 5.60 Å². The van der Waals surface area contributed by atoms with Crippen molar-refractivity contribution in [2.45, 2.75) is 62.9 Å². The Morgan fingerprint density at radius 3 is 2.56 bits per heavy atom. The molecule has 1 aliphatic heterocycles. The summed E-state index contributed by atoms with van der Waals surface area (Å²) in [5.74, 6) is -0.996. The number of nitrogens with zero attached hydrogens (tertiary/aromatic N) is 2. The summed E-state index contributed by atoms with van der Waals surface area (Å²) >= 11 is 0. The van der Waals surface area contributed by atoms with Crippen LogP contribution >= 0.6 is 0 Å². The summed E-state index contributed by atoms with van der Waals surface area (Å²) in [6.07, 6.45) is 0.804. The van der Waals surface area contributed by atoms with Crippen molar-refractivity contribution in [1.29, 1.82) is 0 Å². The van der Waals surface area contributed by atoms with Crippen molar-refractivity contribution >= 4 is 11.8 Å². The van der Waals surface area contributed by atoms with Gasteiger partial charge in [0.15, 0.2) is 0 Å². The van der Waals surface area contributed by atoms with Crippen LogP contribution in [0, 0.1) is 6.92 Å². The van der Waals surface area contributed by atoms with E-state index in [0.29, 0.717) is 31.6 Å². The molecule has 1 aromatic heterocycles. The zero-order valence-electron chi connectivity index (χ0n) is 20.1. The lowest BCUT2D eigenvalue weighted by molar-refractivity contribution is -0.137. The molecule has 0 spiro atoms. The largest absolute Gasteiger partial charge is 0.416 e. The Kier molecular flexibility index (Phi) is 7.65. The highest BCUT2D eigenvalue weighted by molar-refractivity contribution is 5.96. The molecule has 1 saturated heterocycles. The van der Waals surface area contributed by atoms with Gasteiger partial charge in [-0.3, -0.25) is 14.6 Å². The van der Waals surface area contributed by atoms with E-state index in [1.165, 1.54) is 12.1 Å². The highest BCUT2D eigenvalue weighted by atomic mass is 19.4. The van der Waals surface area contributed by atoms with Crippen LogP contribution in [0.25, 0.3) is 0 Å². The third kappa shape index (κ3) is 6.22. The molecular weight excluding hydrogens is 473 g/mol. The fourth-order valence-electron chi connectivity index (χ4n) is 4.92. The number of halogens is 3. The van der Waals surface area contributed by atoms with Gasteiger partial charge < -0.3 is 20.6 Å². The van der Waals surface area contributed by atoms with E-state index in [1.807, 2.05) is 19.1 Å². The van der Waals surface area contributed by atoms with Gasteiger partial charge in [0.05, 0.1) is 17.8 Å². The predicted molar refractivity (Wildman–Crippen MR) is 127 cm³/mol. The standard InChI is InChI=1S/C26H31F3N4O3/c1-17-5-6-22(30-14-17)25(36)10-7-20(8-11-25)32-21-9-12-33(16-21)23(34)15-31-24(35)18-3-2-4-19(13-18)26(27,28)29/h2-6,13-14,20-21,32,36H,7-12,15-16H2,1H3,(H,31,35)/t20?,21-,25?/m0/s1. The molecule has 1 atom stereocenters. The lowest BCUT2D eigenvalue weighted by Crippen LogP contribution is -2.46. The van der Waals surface area contributed by atoms with Crippen LogP contribution in [0.3, 0.4) is 0 Å². The quantitative estimate of drug-likeness (QED) is 0.562. The van der Waals surface area contributed by atoms with Crippen LogP contribution in [0.1, 0.15) is 59.3 Å². The summed E-state index contributed by atoms with van der Waals surface area (Å²) < 4.78 is 38.6. The molecule has 2 aromatic rings. The third-order valence-corrected chi connectivity index (χ3v) is 7.07. The van der Waals surface area contributed by atoms with Gasteiger partial charge in [-0.05, 0) is 68.9 Å². The first-order chi connectivity index (χ1) is 17.0. The predicted octanol–water partition coefficient (Wildman–Crippen LogP) is 3.16. The summed E-state index contributed by atoms with van der Waals surface area (Å²) in [7, 11) is 0. The van der Waals surface area contributed by atoms with Crippen molar-refractivity contribution in [3.8, 4) is 0 Å². The fraction of sp³-hybridized carbons (Fsp3) is 0.500. The van der Waals surface area contributed by atoms with Crippen LogP contribution in [0.4, 0.5) is 13.2 Å². The lowest BCUT2D eigenvalue weighted by Gasteiger charge is -2.37. The minimum atomic E-state index is -4.54. The average Bonchev–Trinajstić information content (AvgIpc) is 3.32. The molecule has 4 rings (SSSR count). The molecule has 7 nitrogen and oxygen atoms in total. The number of amides is 2. The van der Waals surface area contributed by atoms with E-state index >= 15 is 0 Å². The number of rotatable bonds is 6. The van der Waals surface area contributed by atoms with Crippen LogP contribution in [0.15, 0.2) is 42.6 Å². The van der Waals surface area contributed by atoms with Crippen LogP contribution in [-0.2, 0) is 16.6 Å². The Morgan fingerprint density at radius 2 is 1.89 bits per heavy atom. The molecule has 1 aromatic carbocycles. The van der Waals surface area contributed by atoms with Gasteiger partial charge in [0.2, 0.25) is 5.91 Å². The monoisotopic (exact) mass is 504 g/mol. The van der Waals surface area contributed by atoms with Crippen LogP contribution in [0.5, 0.6) is 0 Å². The lowest BCUT2D eigenvalue weighted by atomic mass is 9.79. The molecule has 36 heavy (non-hydrogen) atoms. The van der Waals surface area contributed by atoms with Crippen molar-refractivity contribution in [2.75, 3.05) is 19.6 Å². The Bertz CT molecular complexity index is 1080. The van der Waals surface area contributed by atoms with Crippen molar-refractivity contribution in [2.24, 2.45) is 0 Å². The van der Waals surface area contributed by atoms with Gasteiger partial charge in [0.25, 0.3) is 5.91 Å². The number of carbonyl (C=O) groups is 2. The third-order valence-electron chi connectivity index (χ3n) is 7.07. The number of pyridine rings is 1. The highest BCUT2D eigenvalue weighted by Gasteiger charge is 2.37. The highest BCUT2D eigenvalue weighted by Crippen LogP contribution is 2.36. The fourth-order valence-corrected chi connectivity index (χ4v) is 4.92.